The van der Waals surface area contributed by atoms with E-state index in [9.17, 15) is 0 Å². The second kappa shape index (κ2) is 6.02. The lowest BCUT2D eigenvalue weighted by molar-refractivity contribution is 0.334. The van der Waals surface area contributed by atoms with Crippen molar-refractivity contribution in [3.63, 3.8) is 0 Å². The van der Waals surface area contributed by atoms with Gasteiger partial charge in [-0.25, -0.2) is 0 Å². The molecule has 2 nitrogen and oxygen atoms in total. The summed E-state index contributed by atoms with van der Waals surface area (Å²) in [6.07, 6.45) is 0.592. The van der Waals surface area contributed by atoms with Crippen molar-refractivity contribution in [2.24, 2.45) is 0 Å². The lowest BCUT2D eigenvalue weighted by Crippen LogP contribution is -2.20. The Balaban J connectivity index is 2.85. The van der Waals surface area contributed by atoms with Gasteiger partial charge in [0.2, 0.25) is 0 Å². The maximum atomic E-state index is 8.61. The molecule has 0 amide bonds. The van der Waals surface area contributed by atoms with Crippen molar-refractivity contribution in [1.29, 1.82) is 5.26 Å². The topological polar surface area (TPSA) is 27.0 Å². The van der Waals surface area contributed by atoms with Gasteiger partial charge in [-0.15, -0.1) is 0 Å². The summed E-state index contributed by atoms with van der Waals surface area (Å²) in [5.41, 5.74) is 4.25. The van der Waals surface area contributed by atoms with E-state index in [0.29, 0.717) is 6.42 Å². The highest BCUT2D eigenvalue weighted by Gasteiger charge is 2.15. The number of nitriles is 1. The first-order chi connectivity index (χ1) is 8.34. The molecule has 0 atom stereocenters. The van der Waals surface area contributed by atoms with Crippen LogP contribution in [0.5, 0.6) is 0 Å². The Bertz CT molecular complexity index is 435. The normalized spacial score (nSPS) is 11.6. The van der Waals surface area contributed by atoms with Gasteiger partial charge in [0.15, 0.2) is 0 Å². The fourth-order valence-electron chi connectivity index (χ4n) is 1.92. The minimum atomic E-state index is 0.188. The van der Waals surface area contributed by atoms with E-state index < -0.39 is 0 Å². The number of rotatable bonds is 4. The van der Waals surface area contributed by atoms with Gasteiger partial charge in [-0.1, -0.05) is 39.0 Å². The van der Waals surface area contributed by atoms with E-state index in [2.05, 4.69) is 63.9 Å². The number of hydrogen-bond donors (Lipinski definition) is 0. The van der Waals surface area contributed by atoms with Crippen LogP contribution in [0.2, 0.25) is 0 Å². The second-order valence-electron chi connectivity index (χ2n) is 6.04. The number of hydrogen-bond acceptors (Lipinski definition) is 2. The van der Waals surface area contributed by atoms with Crippen LogP contribution in [0.1, 0.15) is 43.9 Å². The molecule has 0 radical (unpaired) electrons. The molecule has 1 aromatic rings. The molecule has 0 aliphatic rings. The summed E-state index contributed by atoms with van der Waals surface area (Å²) in [6, 6.07) is 8.92. The Morgan fingerprint density at radius 1 is 1.28 bits per heavy atom. The molecular formula is C16H24N2. The van der Waals surface area contributed by atoms with Crippen LogP contribution in [0.3, 0.4) is 0 Å². The van der Waals surface area contributed by atoms with Crippen LogP contribution < -0.4 is 0 Å². The molecule has 0 saturated heterocycles. The third-order valence-electron chi connectivity index (χ3n) is 3.26. The summed E-state index contributed by atoms with van der Waals surface area (Å²) in [5.74, 6) is 0. The Hall–Kier alpha value is -1.33. The Labute approximate surface area is 111 Å². The van der Waals surface area contributed by atoms with Crippen molar-refractivity contribution in [2.75, 3.05) is 13.6 Å². The highest BCUT2D eigenvalue weighted by atomic mass is 15.1. The third kappa shape index (κ3) is 4.16. The van der Waals surface area contributed by atoms with Gasteiger partial charge < -0.3 is 4.90 Å². The molecule has 0 aromatic heterocycles. The van der Waals surface area contributed by atoms with Crippen LogP contribution in [0, 0.1) is 18.3 Å². The molecule has 2 heteroatoms. The van der Waals surface area contributed by atoms with Gasteiger partial charge in [0.25, 0.3) is 0 Å². The molecule has 0 aliphatic heterocycles. The van der Waals surface area contributed by atoms with Crippen molar-refractivity contribution >= 4 is 0 Å². The van der Waals surface area contributed by atoms with E-state index in [1.807, 2.05) is 0 Å². The first-order valence-electron chi connectivity index (χ1n) is 6.50. The van der Waals surface area contributed by atoms with E-state index in [1.165, 1.54) is 16.7 Å². The van der Waals surface area contributed by atoms with E-state index >= 15 is 0 Å². The quantitative estimate of drug-likeness (QED) is 0.808. The van der Waals surface area contributed by atoms with Gasteiger partial charge in [0.1, 0.15) is 0 Å². The molecular weight excluding hydrogens is 220 g/mol. The largest absolute Gasteiger partial charge is 0.301 e. The maximum Gasteiger partial charge on any atom is 0.0635 e. The molecule has 98 valence electrons. The summed E-state index contributed by atoms with van der Waals surface area (Å²) < 4.78 is 0. The van der Waals surface area contributed by atoms with Gasteiger partial charge >= 0.3 is 0 Å². The molecule has 0 fully saturated rings. The van der Waals surface area contributed by atoms with Gasteiger partial charge in [-0.2, -0.15) is 5.26 Å². The Morgan fingerprint density at radius 3 is 2.50 bits per heavy atom. The van der Waals surface area contributed by atoms with Crippen molar-refractivity contribution in [2.45, 2.75) is 46.1 Å². The summed E-state index contributed by atoms with van der Waals surface area (Å²) in [5, 5.41) is 8.61. The van der Waals surface area contributed by atoms with E-state index in [0.717, 1.165) is 13.1 Å². The summed E-state index contributed by atoms with van der Waals surface area (Å²) in [6.45, 7) is 10.6. The average molecular weight is 244 g/mol. The van der Waals surface area contributed by atoms with Crippen molar-refractivity contribution in [3.8, 4) is 6.07 Å². The average Bonchev–Trinajstić information content (AvgIpc) is 2.28. The highest BCUT2D eigenvalue weighted by Crippen LogP contribution is 2.25. The summed E-state index contributed by atoms with van der Waals surface area (Å²) >= 11 is 0. The van der Waals surface area contributed by atoms with Gasteiger partial charge in [-0.05, 0) is 36.1 Å². The van der Waals surface area contributed by atoms with Crippen molar-refractivity contribution < 1.29 is 0 Å². The van der Waals surface area contributed by atoms with Crippen molar-refractivity contribution in [3.05, 3.63) is 34.9 Å². The van der Waals surface area contributed by atoms with Gasteiger partial charge in [-0.3, -0.25) is 0 Å². The maximum absolute atomic E-state index is 8.61. The predicted octanol–water partition coefficient (Wildman–Crippen LogP) is 3.64. The Kier molecular flexibility index (Phi) is 4.93. The smallest absolute Gasteiger partial charge is 0.0635 e. The zero-order valence-corrected chi connectivity index (χ0v) is 12.2. The van der Waals surface area contributed by atoms with Crippen LogP contribution in [0.25, 0.3) is 0 Å². The molecule has 1 aromatic carbocycles. The fourth-order valence-corrected chi connectivity index (χ4v) is 1.92. The van der Waals surface area contributed by atoms with Crippen LogP contribution >= 0.6 is 0 Å². The number of aryl methyl sites for hydroxylation is 1. The SMILES string of the molecule is Cc1ccc(C(C)(C)C)cc1CN(C)CCC#N. The second-order valence-corrected chi connectivity index (χ2v) is 6.04. The monoisotopic (exact) mass is 244 g/mol. The molecule has 0 heterocycles. The number of benzene rings is 1. The lowest BCUT2D eigenvalue weighted by atomic mass is 9.85. The third-order valence-corrected chi connectivity index (χ3v) is 3.26. The molecule has 0 aliphatic carbocycles. The first kappa shape index (κ1) is 14.7. The molecule has 0 unspecified atom stereocenters. The van der Waals surface area contributed by atoms with Crippen LogP contribution in [0.4, 0.5) is 0 Å². The molecule has 1 rings (SSSR count). The molecule has 0 N–H and O–H groups in total. The van der Waals surface area contributed by atoms with Crippen LogP contribution in [-0.2, 0) is 12.0 Å². The molecule has 0 spiro atoms. The summed E-state index contributed by atoms with van der Waals surface area (Å²) in [4.78, 5) is 2.21. The van der Waals surface area contributed by atoms with Gasteiger partial charge in [0.05, 0.1) is 6.07 Å². The number of nitrogens with zero attached hydrogens (tertiary/aromatic N) is 2. The Morgan fingerprint density at radius 2 is 1.94 bits per heavy atom. The zero-order chi connectivity index (χ0) is 13.8. The molecule has 0 bridgehead atoms. The minimum absolute atomic E-state index is 0.188. The first-order valence-corrected chi connectivity index (χ1v) is 6.50. The van der Waals surface area contributed by atoms with Crippen molar-refractivity contribution in [1.82, 2.24) is 4.90 Å². The fraction of sp³-hybridized carbons (Fsp3) is 0.562. The molecule has 18 heavy (non-hydrogen) atoms. The minimum Gasteiger partial charge on any atom is -0.301 e. The van der Waals surface area contributed by atoms with Gasteiger partial charge in [0, 0.05) is 19.5 Å². The lowest BCUT2D eigenvalue weighted by Gasteiger charge is -2.22. The van der Waals surface area contributed by atoms with E-state index in [4.69, 9.17) is 5.26 Å². The standard InChI is InChI=1S/C16H24N2/c1-13-7-8-15(16(2,3)4)11-14(13)12-18(5)10-6-9-17/h7-8,11H,6,10,12H2,1-5H3. The predicted molar refractivity (Wildman–Crippen MR) is 76.4 cm³/mol. The van der Waals surface area contributed by atoms with Crippen LogP contribution in [0.15, 0.2) is 18.2 Å². The highest BCUT2D eigenvalue weighted by molar-refractivity contribution is 5.34. The zero-order valence-electron chi connectivity index (χ0n) is 12.2. The van der Waals surface area contributed by atoms with E-state index in [1.54, 1.807) is 0 Å². The van der Waals surface area contributed by atoms with E-state index in [-0.39, 0.29) is 5.41 Å². The summed E-state index contributed by atoms with van der Waals surface area (Å²) in [7, 11) is 2.07. The molecule has 0 saturated carbocycles. The van der Waals surface area contributed by atoms with Crippen LogP contribution in [-0.4, -0.2) is 18.5 Å².